The Morgan fingerprint density at radius 1 is 1.45 bits per heavy atom. The van der Waals surface area contributed by atoms with Gasteiger partial charge in [0, 0.05) is 0 Å². The van der Waals surface area contributed by atoms with Crippen molar-refractivity contribution in [2.24, 2.45) is 5.92 Å². The predicted molar refractivity (Wildman–Crippen MR) is 50.6 cm³/mol. The van der Waals surface area contributed by atoms with Crippen molar-refractivity contribution in [2.45, 2.75) is 52.4 Å². The monoisotopic (exact) mass is 152 g/mol. The van der Waals surface area contributed by atoms with E-state index in [0.29, 0.717) is 0 Å². The van der Waals surface area contributed by atoms with Crippen LogP contribution >= 0.6 is 0 Å². The van der Waals surface area contributed by atoms with E-state index in [1.165, 1.54) is 38.5 Å². The van der Waals surface area contributed by atoms with Crippen molar-refractivity contribution >= 4 is 0 Å². The van der Waals surface area contributed by atoms with Gasteiger partial charge in [0.15, 0.2) is 0 Å². The summed E-state index contributed by atoms with van der Waals surface area (Å²) in [6, 6.07) is 0. The maximum atomic E-state index is 2.45. The fourth-order valence-corrected chi connectivity index (χ4v) is 1.28. The maximum absolute atomic E-state index is 2.45. The zero-order valence-electron chi connectivity index (χ0n) is 7.90. The van der Waals surface area contributed by atoms with E-state index in [-0.39, 0.29) is 0 Å². The largest absolute Gasteiger partial charge is 0.0853 e. The van der Waals surface area contributed by atoms with E-state index in [9.17, 15) is 0 Å². The number of allylic oxidation sites excluding steroid dienone is 2. The summed E-state index contributed by atoms with van der Waals surface area (Å²) in [6.45, 7) is 4.53. The second kappa shape index (κ2) is 4.58. The Balaban J connectivity index is 2.05. The molecule has 0 atom stereocenters. The Bertz CT molecular complexity index is 129. The van der Waals surface area contributed by atoms with Gasteiger partial charge in [-0.25, -0.2) is 0 Å². The van der Waals surface area contributed by atoms with Gasteiger partial charge in [0.05, 0.1) is 0 Å². The van der Waals surface area contributed by atoms with Crippen molar-refractivity contribution < 1.29 is 0 Å². The fourth-order valence-electron chi connectivity index (χ4n) is 1.28. The first kappa shape index (κ1) is 8.83. The van der Waals surface area contributed by atoms with Gasteiger partial charge >= 0.3 is 0 Å². The predicted octanol–water partition coefficient (Wildman–Crippen LogP) is 3.92. The van der Waals surface area contributed by atoms with Crippen LogP contribution in [0.25, 0.3) is 0 Å². The van der Waals surface area contributed by atoms with Gasteiger partial charge in [0.25, 0.3) is 0 Å². The molecule has 1 saturated carbocycles. The van der Waals surface area contributed by atoms with Gasteiger partial charge in [-0.2, -0.15) is 0 Å². The third-order valence-electron chi connectivity index (χ3n) is 2.42. The third kappa shape index (κ3) is 4.23. The van der Waals surface area contributed by atoms with Crippen molar-refractivity contribution in [3.05, 3.63) is 11.6 Å². The highest BCUT2D eigenvalue weighted by atomic mass is 14.2. The normalized spacial score (nSPS) is 18.9. The lowest BCUT2D eigenvalue weighted by Crippen LogP contribution is -1.78. The smallest absolute Gasteiger partial charge is 0.0320 e. The lowest BCUT2D eigenvalue weighted by molar-refractivity contribution is 0.773. The molecule has 0 aromatic heterocycles. The second-order valence-corrected chi connectivity index (χ2v) is 3.83. The molecule has 11 heavy (non-hydrogen) atoms. The van der Waals surface area contributed by atoms with Crippen LogP contribution in [0.1, 0.15) is 52.4 Å². The van der Waals surface area contributed by atoms with E-state index in [4.69, 9.17) is 0 Å². The number of unbranched alkanes of at least 4 members (excludes halogenated alkanes) is 1. The van der Waals surface area contributed by atoms with Crippen LogP contribution in [0.3, 0.4) is 0 Å². The molecule has 0 radical (unpaired) electrons. The standard InChI is InChI=1S/C11H20/c1-3-4-5-10(2)6-7-11-8-9-11/h6,11H,3-5,7-9H2,1-2H3. The lowest BCUT2D eigenvalue weighted by Gasteiger charge is -1.98. The Hall–Kier alpha value is -0.260. The Morgan fingerprint density at radius 2 is 2.18 bits per heavy atom. The topological polar surface area (TPSA) is 0 Å². The van der Waals surface area contributed by atoms with Gasteiger partial charge in [0.2, 0.25) is 0 Å². The Kier molecular flexibility index (Phi) is 3.68. The fraction of sp³-hybridized carbons (Fsp3) is 0.818. The zero-order valence-corrected chi connectivity index (χ0v) is 7.90. The van der Waals surface area contributed by atoms with Crippen molar-refractivity contribution in [3.8, 4) is 0 Å². The SMILES string of the molecule is CCCCC(C)=CCC1CC1. The van der Waals surface area contributed by atoms with Gasteiger partial charge in [-0.05, 0) is 44.9 Å². The minimum Gasteiger partial charge on any atom is -0.0853 e. The highest BCUT2D eigenvalue weighted by molar-refractivity contribution is 4.99. The molecule has 64 valence electrons. The number of rotatable bonds is 5. The highest BCUT2D eigenvalue weighted by Crippen LogP contribution is 2.33. The van der Waals surface area contributed by atoms with Gasteiger partial charge < -0.3 is 0 Å². The van der Waals surface area contributed by atoms with Gasteiger partial charge in [-0.3, -0.25) is 0 Å². The summed E-state index contributed by atoms with van der Waals surface area (Å²) < 4.78 is 0. The molecule has 0 aliphatic heterocycles. The van der Waals surface area contributed by atoms with Gasteiger partial charge in [-0.15, -0.1) is 0 Å². The van der Waals surface area contributed by atoms with Gasteiger partial charge in [-0.1, -0.05) is 25.0 Å². The van der Waals surface area contributed by atoms with E-state index < -0.39 is 0 Å². The molecule has 0 spiro atoms. The summed E-state index contributed by atoms with van der Waals surface area (Å²) in [4.78, 5) is 0. The van der Waals surface area contributed by atoms with E-state index in [0.717, 1.165) is 5.92 Å². The molecule has 1 aliphatic rings. The van der Waals surface area contributed by atoms with E-state index in [1.807, 2.05) is 0 Å². The molecular formula is C11H20. The molecule has 0 bridgehead atoms. The van der Waals surface area contributed by atoms with E-state index in [1.54, 1.807) is 5.57 Å². The molecule has 0 unspecified atom stereocenters. The summed E-state index contributed by atoms with van der Waals surface area (Å²) in [5.74, 6) is 1.06. The molecule has 0 aromatic carbocycles. The van der Waals surface area contributed by atoms with Crippen LogP contribution in [0.15, 0.2) is 11.6 Å². The molecule has 1 rings (SSSR count). The van der Waals surface area contributed by atoms with Crippen LogP contribution < -0.4 is 0 Å². The molecule has 0 saturated heterocycles. The lowest BCUT2D eigenvalue weighted by atomic mass is 10.1. The number of hydrogen-bond acceptors (Lipinski definition) is 0. The zero-order chi connectivity index (χ0) is 8.10. The van der Waals surface area contributed by atoms with Crippen molar-refractivity contribution in [1.82, 2.24) is 0 Å². The molecular weight excluding hydrogens is 132 g/mol. The summed E-state index contributed by atoms with van der Waals surface area (Å²) >= 11 is 0. The van der Waals surface area contributed by atoms with E-state index >= 15 is 0 Å². The number of hydrogen-bond donors (Lipinski definition) is 0. The van der Waals surface area contributed by atoms with Crippen molar-refractivity contribution in [1.29, 1.82) is 0 Å². The van der Waals surface area contributed by atoms with Crippen LogP contribution in [-0.4, -0.2) is 0 Å². The average Bonchev–Trinajstić information content (AvgIpc) is 2.80. The Labute approximate surface area is 70.7 Å². The van der Waals surface area contributed by atoms with Crippen LogP contribution in [-0.2, 0) is 0 Å². The summed E-state index contributed by atoms with van der Waals surface area (Å²) in [6.07, 6.45) is 10.8. The first-order chi connectivity index (χ1) is 5.33. The molecule has 0 heteroatoms. The van der Waals surface area contributed by atoms with Crippen LogP contribution in [0.2, 0.25) is 0 Å². The molecule has 0 heterocycles. The minimum absolute atomic E-state index is 1.06. The molecule has 0 N–H and O–H groups in total. The van der Waals surface area contributed by atoms with Crippen molar-refractivity contribution in [2.75, 3.05) is 0 Å². The van der Waals surface area contributed by atoms with Crippen molar-refractivity contribution in [3.63, 3.8) is 0 Å². The second-order valence-electron chi connectivity index (χ2n) is 3.83. The average molecular weight is 152 g/mol. The van der Waals surface area contributed by atoms with Crippen LogP contribution in [0.5, 0.6) is 0 Å². The third-order valence-corrected chi connectivity index (χ3v) is 2.42. The molecule has 1 fully saturated rings. The summed E-state index contributed by atoms with van der Waals surface area (Å²) in [5.41, 5.74) is 1.61. The minimum atomic E-state index is 1.06. The molecule has 0 nitrogen and oxygen atoms in total. The van der Waals surface area contributed by atoms with Gasteiger partial charge in [0.1, 0.15) is 0 Å². The molecule has 0 amide bonds. The Morgan fingerprint density at radius 3 is 2.73 bits per heavy atom. The highest BCUT2D eigenvalue weighted by Gasteiger charge is 2.19. The first-order valence-electron chi connectivity index (χ1n) is 4.98. The summed E-state index contributed by atoms with van der Waals surface area (Å²) in [7, 11) is 0. The maximum Gasteiger partial charge on any atom is -0.0320 e. The molecule has 0 aromatic rings. The van der Waals surface area contributed by atoms with Crippen LogP contribution in [0.4, 0.5) is 0 Å². The van der Waals surface area contributed by atoms with Crippen LogP contribution in [0, 0.1) is 5.92 Å². The first-order valence-corrected chi connectivity index (χ1v) is 4.98. The van der Waals surface area contributed by atoms with E-state index in [2.05, 4.69) is 19.9 Å². The summed E-state index contributed by atoms with van der Waals surface area (Å²) in [5, 5.41) is 0. The molecule has 1 aliphatic carbocycles. The quantitative estimate of drug-likeness (QED) is 0.524.